The number of hydrogen-bond acceptors (Lipinski definition) is 2. The van der Waals surface area contributed by atoms with Crippen molar-refractivity contribution in [1.82, 2.24) is 0 Å². The normalized spacial score (nSPS) is 17.4. The molecule has 0 bridgehead atoms. The number of hydrogen-bond donors (Lipinski definition) is 1. The van der Waals surface area contributed by atoms with Gasteiger partial charge < -0.3 is 9.84 Å². The third-order valence-corrected chi connectivity index (χ3v) is 4.47. The highest BCUT2D eigenvalue weighted by molar-refractivity contribution is 9.10. The molecule has 1 aromatic rings. The fraction of sp³-hybridized carbons (Fsp3) is 0.600. The molecule has 1 atom stereocenters. The van der Waals surface area contributed by atoms with Gasteiger partial charge in [-0.2, -0.15) is 0 Å². The maximum atomic E-state index is 10.7. The number of rotatable bonds is 4. The van der Waals surface area contributed by atoms with Gasteiger partial charge in [-0.25, -0.2) is 0 Å². The van der Waals surface area contributed by atoms with E-state index in [1.165, 1.54) is 5.56 Å². The Hall–Kier alpha value is -0.540. The lowest BCUT2D eigenvalue weighted by molar-refractivity contribution is -0.00872. The first-order chi connectivity index (χ1) is 8.46. The van der Waals surface area contributed by atoms with Crippen LogP contribution >= 0.6 is 15.9 Å². The standard InChI is InChI=1S/C15H21BrO2/c1-4-15(17,10(2)3)9-12-8-13(16)7-11-5-6-18-14(11)12/h7-8,10,17H,4-6,9H2,1-3H3. The van der Waals surface area contributed by atoms with Gasteiger partial charge in [0.25, 0.3) is 0 Å². The molecule has 0 saturated carbocycles. The third kappa shape index (κ3) is 2.57. The van der Waals surface area contributed by atoms with Crippen molar-refractivity contribution in [3.63, 3.8) is 0 Å². The molecule has 0 aromatic heterocycles. The molecule has 1 aliphatic heterocycles. The van der Waals surface area contributed by atoms with Crippen LogP contribution in [-0.4, -0.2) is 17.3 Å². The van der Waals surface area contributed by atoms with E-state index >= 15 is 0 Å². The summed E-state index contributed by atoms with van der Waals surface area (Å²) in [6, 6.07) is 4.19. The van der Waals surface area contributed by atoms with Gasteiger partial charge in [-0.05, 0) is 35.6 Å². The van der Waals surface area contributed by atoms with Gasteiger partial charge in [-0.3, -0.25) is 0 Å². The van der Waals surface area contributed by atoms with Crippen LogP contribution in [0.3, 0.4) is 0 Å². The summed E-state index contributed by atoms with van der Waals surface area (Å²) in [5.74, 6) is 1.23. The first-order valence-electron chi connectivity index (χ1n) is 6.62. The molecule has 0 aliphatic carbocycles. The summed E-state index contributed by atoms with van der Waals surface area (Å²) in [6.07, 6.45) is 2.38. The van der Waals surface area contributed by atoms with E-state index < -0.39 is 5.60 Å². The van der Waals surface area contributed by atoms with E-state index in [-0.39, 0.29) is 5.92 Å². The van der Waals surface area contributed by atoms with E-state index in [2.05, 4.69) is 41.9 Å². The maximum absolute atomic E-state index is 10.7. The fourth-order valence-corrected chi connectivity index (χ4v) is 3.10. The maximum Gasteiger partial charge on any atom is 0.125 e. The van der Waals surface area contributed by atoms with Gasteiger partial charge in [-0.15, -0.1) is 0 Å². The van der Waals surface area contributed by atoms with Crippen molar-refractivity contribution in [1.29, 1.82) is 0 Å². The zero-order valence-electron chi connectivity index (χ0n) is 11.3. The van der Waals surface area contributed by atoms with Gasteiger partial charge in [0.05, 0.1) is 12.2 Å². The first kappa shape index (κ1) is 13.9. The fourth-order valence-electron chi connectivity index (χ4n) is 2.54. The Bertz CT molecular complexity index is 442. The van der Waals surface area contributed by atoms with Crippen molar-refractivity contribution in [3.8, 4) is 5.75 Å². The first-order valence-corrected chi connectivity index (χ1v) is 7.42. The zero-order valence-corrected chi connectivity index (χ0v) is 12.9. The molecule has 1 aliphatic rings. The highest BCUT2D eigenvalue weighted by atomic mass is 79.9. The number of ether oxygens (including phenoxy) is 1. The van der Waals surface area contributed by atoms with Gasteiger partial charge >= 0.3 is 0 Å². The van der Waals surface area contributed by atoms with Crippen molar-refractivity contribution in [2.24, 2.45) is 5.92 Å². The molecule has 0 fully saturated rings. The van der Waals surface area contributed by atoms with E-state index in [1.54, 1.807) is 0 Å². The minimum atomic E-state index is -0.652. The van der Waals surface area contributed by atoms with E-state index in [0.717, 1.165) is 35.2 Å². The second kappa shape index (κ2) is 5.22. The van der Waals surface area contributed by atoms with Crippen LogP contribution in [0.25, 0.3) is 0 Å². The molecular formula is C15H21BrO2. The molecule has 18 heavy (non-hydrogen) atoms. The van der Waals surface area contributed by atoms with Gasteiger partial charge in [-0.1, -0.05) is 36.7 Å². The SMILES string of the molecule is CCC(O)(Cc1cc(Br)cc2c1OCC2)C(C)C. The minimum absolute atomic E-state index is 0.235. The Balaban J connectivity index is 2.35. The molecule has 0 radical (unpaired) electrons. The molecule has 1 unspecified atom stereocenters. The Kier molecular flexibility index (Phi) is 4.02. The molecule has 100 valence electrons. The summed E-state index contributed by atoms with van der Waals surface area (Å²) in [4.78, 5) is 0. The highest BCUT2D eigenvalue weighted by Gasteiger charge is 2.31. The van der Waals surface area contributed by atoms with Crippen molar-refractivity contribution in [3.05, 3.63) is 27.7 Å². The van der Waals surface area contributed by atoms with Crippen molar-refractivity contribution >= 4 is 15.9 Å². The molecular weight excluding hydrogens is 292 g/mol. The van der Waals surface area contributed by atoms with Crippen LogP contribution in [0.2, 0.25) is 0 Å². The number of benzene rings is 1. The summed E-state index contributed by atoms with van der Waals surface area (Å²) in [7, 11) is 0. The van der Waals surface area contributed by atoms with Crippen LogP contribution in [0.5, 0.6) is 5.75 Å². The van der Waals surface area contributed by atoms with Crippen LogP contribution < -0.4 is 4.74 Å². The smallest absolute Gasteiger partial charge is 0.125 e. The largest absolute Gasteiger partial charge is 0.493 e. The molecule has 0 amide bonds. The molecule has 2 nitrogen and oxygen atoms in total. The quantitative estimate of drug-likeness (QED) is 0.918. The van der Waals surface area contributed by atoms with E-state index in [1.807, 2.05) is 6.92 Å². The lowest BCUT2D eigenvalue weighted by Crippen LogP contribution is -2.36. The molecule has 3 heteroatoms. The number of halogens is 1. The lowest BCUT2D eigenvalue weighted by Gasteiger charge is -2.31. The van der Waals surface area contributed by atoms with Gasteiger partial charge in [0, 0.05) is 17.3 Å². The molecule has 2 rings (SSSR count). The zero-order chi connectivity index (χ0) is 13.3. The van der Waals surface area contributed by atoms with Gasteiger partial charge in [0.15, 0.2) is 0 Å². The lowest BCUT2D eigenvalue weighted by atomic mass is 9.82. The Morgan fingerprint density at radius 2 is 2.17 bits per heavy atom. The average Bonchev–Trinajstić information content (AvgIpc) is 2.76. The Labute approximate surface area is 117 Å². The number of fused-ring (bicyclic) bond motifs is 1. The molecule has 0 spiro atoms. The van der Waals surface area contributed by atoms with Crippen LogP contribution in [0.15, 0.2) is 16.6 Å². The average molecular weight is 313 g/mol. The topological polar surface area (TPSA) is 29.5 Å². The van der Waals surface area contributed by atoms with Gasteiger partial charge in [0.1, 0.15) is 5.75 Å². The summed E-state index contributed by atoms with van der Waals surface area (Å²) in [5, 5.41) is 10.7. The van der Waals surface area contributed by atoms with Crippen LogP contribution in [-0.2, 0) is 12.8 Å². The molecule has 1 aromatic carbocycles. The molecule has 1 heterocycles. The predicted molar refractivity (Wildman–Crippen MR) is 77.1 cm³/mol. The van der Waals surface area contributed by atoms with Crippen LogP contribution in [0, 0.1) is 5.92 Å². The molecule has 1 N–H and O–H groups in total. The summed E-state index contributed by atoms with van der Waals surface area (Å²) < 4.78 is 6.80. The van der Waals surface area contributed by atoms with E-state index in [9.17, 15) is 5.11 Å². The van der Waals surface area contributed by atoms with Crippen LogP contribution in [0.4, 0.5) is 0 Å². The minimum Gasteiger partial charge on any atom is -0.493 e. The van der Waals surface area contributed by atoms with Crippen molar-refractivity contribution in [2.45, 2.75) is 45.6 Å². The van der Waals surface area contributed by atoms with E-state index in [4.69, 9.17) is 4.74 Å². The van der Waals surface area contributed by atoms with E-state index in [0.29, 0.717) is 6.42 Å². The van der Waals surface area contributed by atoms with Crippen LogP contribution in [0.1, 0.15) is 38.3 Å². The Morgan fingerprint density at radius 3 is 2.78 bits per heavy atom. The second-order valence-electron chi connectivity index (χ2n) is 5.44. The van der Waals surface area contributed by atoms with Crippen molar-refractivity contribution < 1.29 is 9.84 Å². The summed E-state index contributed by atoms with van der Waals surface area (Å²) in [5.41, 5.74) is 1.72. The van der Waals surface area contributed by atoms with Gasteiger partial charge in [0.2, 0.25) is 0 Å². The monoisotopic (exact) mass is 312 g/mol. The Morgan fingerprint density at radius 1 is 1.44 bits per heavy atom. The number of aliphatic hydroxyl groups is 1. The summed E-state index contributed by atoms with van der Waals surface area (Å²) >= 11 is 3.55. The van der Waals surface area contributed by atoms with Crippen molar-refractivity contribution in [2.75, 3.05) is 6.61 Å². The third-order valence-electron chi connectivity index (χ3n) is 4.01. The molecule has 0 saturated heterocycles. The highest BCUT2D eigenvalue weighted by Crippen LogP contribution is 2.37. The predicted octanol–water partition coefficient (Wildman–Crippen LogP) is 3.72. The second-order valence-corrected chi connectivity index (χ2v) is 6.36. The summed E-state index contributed by atoms with van der Waals surface area (Å²) in [6.45, 7) is 6.94.